The number of halogens is 2. The van der Waals surface area contributed by atoms with Crippen molar-refractivity contribution in [3.63, 3.8) is 0 Å². The summed E-state index contributed by atoms with van der Waals surface area (Å²) < 4.78 is 29.6. The van der Waals surface area contributed by atoms with Crippen LogP contribution < -0.4 is 16.2 Å². The second kappa shape index (κ2) is 6.91. The number of aryl methyl sites for hydroxylation is 1. The number of rotatable bonds is 5. The van der Waals surface area contributed by atoms with Gasteiger partial charge in [-0.15, -0.1) is 0 Å². The van der Waals surface area contributed by atoms with Gasteiger partial charge in [-0.3, -0.25) is 14.5 Å². The van der Waals surface area contributed by atoms with Crippen LogP contribution in [0.3, 0.4) is 0 Å². The zero-order valence-corrected chi connectivity index (χ0v) is 15.1. The van der Waals surface area contributed by atoms with E-state index >= 15 is 0 Å². The Labute approximate surface area is 159 Å². The molecule has 0 aliphatic carbocycles. The summed E-state index contributed by atoms with van der Waals surface area (Å²) in [7, 11) is 1.47. The van der Waals surface area contributed by atoms with E-state index in [1.54, 1.807) is 19.1 Å². The number of benzene rings is 2. The number of aliphatic imine (C=N–C) groups is 1. The SMILES string of the molecule is Cc1cc(C2(c3cccc(C(N)=O)c3)N=C(N)N(C)C2=O)ccc1OC(F)F. The Kier molecular flexibility index (Phi) is 4.76. The largest absolute Gasteiger partial charge is 0.435 e. The highest BCUT2D eigenvalue weighted by molar-refractivity contribution is 6.09. The van der Waals surface area contributed by atoms with E-state index in [4.69, 9.17) is 11.5 Å². The molecule has 28 heavy (non-hydrogen) atoms. The number of nitrogens with two attached hydrogens (primary N) is 2. The van der Waals surface area contributed by atoms with Crippen LogP contribution in [0.1, 0.15) is 27.0 Å². The molecular formula is C19H18F2N4O3. The number of hydrogen-bond acceptors (Lipinski definition) is 5. The normalized spacial score (nSPS) is 19.1. The molecule has 1 heterocycles. The van der Waals surface area contributed by atoms with Gasteiger partial charge in [-0.2, -0.15) is 8.78 Å². The topological polar surface area (TPSA) is 111 Å². The Balaban J connectivity index is 2.23. The quantitative estimate of drug-likeness (QED) is 0.812. The molecule has 0 bridgehead atoms. The lowest BCUT2D eigenvalue weighted by molar-refractivity contribution is -0.129. The van der Waals surface area contributed by atoms with Crippen molar-refractivity contribution in [1.29, 1.82) is 0 Å². The molecule has 9 heteroatoms. The lowest BCUT2D eigenvalue weighted by Crippen LogP contribution is -2.41. The van der Waals surface area contributed by atoms with E-state index < -0.39 is 24.0 Å². The number of carbonyl (C=O) groups excluding carboxylic acids is 2. The molecule has 1 unspecified atom stereocenters. The first-order valence-electron chi connectivity index (χ1n) is 8.26. The average molecular weight is 388 g/mol. The van der Waals surface area contributed by atoms with E-state index in [0.29, 0.717) is 16.7 Å². The fraction of sp³-hybridized carbons (Fsp3) is 0.211. The van der Waals surface area contributed by atoms with Crippen molar-refractivity contribution in [3.8, 4) is 5.75 Å². The van der Waals surface area contributed by atoms with Crippen LogP contribution in [0.15, 0.2) is 47.5 Å². The first kappa shape index (κ1) is 19.3. The van der Waals surface area contributed by atoms with Crippen molar-refractivity contribution in [2.75, 3.05) is 7.05 Å². The number of amides is 2. The summed E-state index contributed by atoms with van der Waals surface area (Å²) >= 11 is 0. The van der Waals surface area contributed by atoms with Gasteiger partial charge in [0, 0.05) is 12.6 Å². The van der Waals surface area contributed by atoms with E-state index in [0.717, 1.165) is 0 Å². The van der Waals surface area contributed by atoms with Gasteiger partial charge in [0.25, 0.3) is 5.91 Å². The molecule has 0 fully saturated rings. The van der Waals surface area contributed by atoms with Gasteiger partial charge in [-0.1, -0.05) is 18.2 Å². The van der Waals surface area contributed by atoms with Gasteiger partial charge < -0.3 is 16.2 Å². The third-order valence-electron chi connectivity index (χ3n) is 4.61. The Bertz CT molecular complexity index is 993. The van der Waals surface area contributed by atoms with E-state index in [-0.39, 0.29) is 17.3 Å². The lowest BCUT2D eigenvalue weighted by atomic mass is 9.81. The zero-order valence-electron chi connectivity index (χ0n) is 15.1. The summed E-state index contributed by atoms with van der Waals surface area (Å²) in [6, 6.07) is 10.5. The molecule has 3 rings (SSSR count). The Morgan fingerprint density at radius 2 is 1.89 bits per heavy atom. The van der Waals surface area contributed by atoms with Crippen molar-refractivity contribution in [3.05, 3.63) is 64.7 Å². The number of primary amides is 1. The molecule has 0 saturated carbocycles. The number of likely N-dealkylation sites (N-methyl/N-ethyl adjacent to an activating group) is 1. The third kappa shape index (κ3) is 3.04. The summed E-state index contributed by atoms with van der Waals surface area (Å²) in [5, 5.41) is 0. The summed E-state index contributed by atoms with van der Waals surface area (Å²) in [5.74, 6) is -1.14. The molecule has 0 spiro atoms. The second-order valence-electron chi connectivity index (χ2n) is 6.35. The van der Waals surface area contributed by atoms with Crippen LogP contribution in [-0.2, 0) is 10.3 Å². The fourth-order valence-corrected chi connectivity index (χ4v) is 3.18. The number of guanidine groups is 1. The van der Waals surface area contributed by atoms with Gasteiger partial charge in [0.05, 0.1) is 0 Å². The van der Waals surface area contributed by atoms with E-state index in [2.05, 4.69) is 9.73 Å². The molecule has 1 aliphatic rings. The highest BCUT2D eigenvalue weighted by Gasteiger charge is 2.49. The highest BCUT2D eigenvalue weighted by Crippen LogP contribution is 2.41. The smallest absolute Gasteiger partial charge is 0.387 e. The summed E-state index contributed by atoms with van der Waals surface area (Å²) in [5.41, 5.74) is 11.0. The Hall–Kier alpha value is -3.49. The first-order valence-corrected chi connectivity index (χ1v) is 8.26. The summed E-state index contributed by atoms with van der Waals surface area (Å²) in [6.45, 7) is -1.40. The second-order valence-corrected chi connectivity index (χ2v) is 6.35. The molecule has 2 aromatic rings. The predicted octanol–water partition coefficient (Wildman–Crippen LogP) is 1.73. The number of carbonyl (C=O) groups is 2. The van der Waals surface area contributed by atoms with E-state index in [1.807, 2.05) is 0 Å². The molecule has 0 aromatic heterocycles. The third-order valence-corrected chi connectivity index (χ3v) is 4.61. The van der Waals surface area contributed by atoms with Crippen LogP contribution in [0.4, 0.5) is 8.78 Å². The van der Waals surface area contributed by atoms with E-state index in [9.17, 15) is 18.4 Å². The maximum atomic E-state index is 13.2. The Morgan fingerprint density at radius 1 is 1.21 bits per heavy atom. The number of nitrogens with zero attached hydrogens (tertiary/aromatic N) is 2. The first-order chi connectivity index (χ1) is 13.2. The van der Waals surface area contributed by atoms with Gasteiger partial charge >= 0.3 is 6.61 Å². The van der Waals surface area contributed by atoms with Gasteiger partial charge in [0.15, 0.2) is 11.5 Å². The molecule has 2 aromatic carbocycles. The van der Waals surface area contributed by atoms with Crippen LogP contribution in [0, 0.1) is 6.92 Å². The van der Waals surface area contributed by atoms with E-state index in [1.165, 1.54) is 42.3 Å². The van der Waals surface area contributed by atoms with Gasteiger partial charge in [-0.05, 0) is 47.9 Å². The van der Waals surface area contributed by atoms with Crippen LogP contribution in [-0.4, -0.2) is 36.3 Å². The molecule has 1 aliphatic heterocycles. The summed E-state index contributed by atoms with van der Waals surface area (Å²) in [6.07, 6.45) is 0. The van der Waals surface area contributed by atoms with Crippen molar-refractivity contribution in [1.82, 2.24) is 4.90 Å². The Morgan fingerprint density at radius 3 is 2.43 bits per heavy atom. The van der Waals surface area contributed by atoms with Crippen LogP contribution >= 0.6 is 0 Å². The number of ether oxygens (including phenoxy) is 1. The van der Waals surface area contributed by atoms with Gasteiger partial charge in [0.1, 0.15) is 5.75 Å². The number of hydrogen-bond donors (Lipinski definition) is 2. The van der Waals surface area contributed by atoms with Crippen LogP contribution in [0.2, 0.25) is 0 Å². The average Bonchev–Trinajstić information content (AvgIpc) is 2.88. The molecule has 4 N–H and O–H groups in total. The number of alkyl halides is 2. The minimum Gasteiger partial charge on any atom is -0.435 e. The molecule has 0 radical (unpaired) electrons. The molecule has 0 saturated heterocycles. The predicted molar refractivity (Wildman–Crippen MR) is 97.9 cm³/mol. The van der Waals surface area contributed by atoms with Gasteiger partial charge in [-0.25, -0.2) is 4.99 Å². The fourth-order valence-electron chi connectivity index (χ4n) is 3.18. The molecular weight excluding hydrogens is 370 g/mol. The molecule has 146 valence electrons. The lowest BCUT2D eigenvalue weighted by Gasteiger charge is -2.27. The molecule has 1 atom stereocenters. The minimum absolute atomic E-state index is 0.0139. The van der Waals surface area contributed by atoms with Crippen LogP contribution in [0.25, 0.3) is 0 Å². The maximum absolute atomic E-state index is 13.2. The van der Waals surface area contributed by atoms with Crippen molar-refractivity contribution >= 4 is 17.8 Å². The van der Waals surface area contributed by atoms with Crippen LogP contribution in [0.5, 0.6) is 5.75 Å². The molecule has 7 nitrogen and oxygen atoms in total. The van der Waals surface area contributed by atoms with Gasteiger partial charge in [0.2, 0.25) is 5.91 Å². The maximum Gasteiger partial charge on any atom is 0.387 e. The molecule has 2 amide bonds. The summed E-state index contributed by atoms with van der Waals surface area (Å²) in [4.78, 5) is 30.3. The minimum atomic E-state index is -2.97. The van der Waals surface area contributed by atoms with Crippen molar-refractivity contribution in [2.24, 2.45) is 16.5 Å². The highest BCUT2D eigenvalue weighted by atomic mass is 19.3. The van der Waals surface area contributed by atoms with Crippen molar-refractivity contribution < 1.29 is 23.1 Å². The monoisotopic (exact) mass is 388 g/mol. The van der Waals surface area contributed by atoms with Crippen molar-refractivity contribution in [2.45, 2.75) is 19.1 Å². The zero-order chi connectivity index (χ0) is 20.6. The standard InChI is InChI=1S/C19H18F2N4O3/c1-10-8-13(6-7-14(10)28-17(20)21)19(16(27)25(2)18(23)24-19)12-5-3-4-11(9-12)15(22)26/h3-9,17H,1-2H3,(H2,22,26)(H2,23,24).